The van der Waals surface area contributed by atoms with E-state index in [4.69, 9.17) is 11.6 Å². The van der Waals surface area contributed by atoms with Gasteiger partial charge >= 0.3 is 0 Å². The molecular formula is C26H36ClNO. The van der Waals surface area contributed by atoms with Crippen molar-refractivity contribution in [1.29, 1.82) is 0 Å². The number of phenols is 1. The molecule has 3 heteroatoms. The highest BCUT2D eigenvalue weighted by Crippen LogP contribution is 2.32. The number of hydrogen-bond acceptors (Lipinski definition) is 2. The van der Waals surface area contributed by atoms with E-state index >= 15 is 0 Å². The van der Waals surface area contributed by atoms with Crippen molar-refractivity contribution in [3.63, 3.8) is 0 Å². The summed E-state index contributed by atoms with van der Waals surface area (Å²) in [6, 6.07) is 13.9. The van der Waals surface area contributed by atoms with Crippen LogP contribution >= 0.6 is 11.6 Å². The highest BCUT2D eigenvalue weighted by molar-refractivity contribution is 6.33. The van der Waals surface area contributed by atoms with Gasteiger partial charge in [0.2, 0.25) is 0 Å². The third-order valence-corrected chi connectivity index (χ3v) is 5.76. The van der Waals surface area contributed by atoms with Crippen LogP contribution in [0, 0.1) is 0 Å². The Morgan fingerprint density at radius 1 is 0.862 bits per heavy atom. The molecule has 2 aromatic rings. The average Bonchev–Trinajstić information content (AvgIpc) is 2.74. The molecule has 0 spiro atoms. The number of aliphatic imine (C=N–C) groups is 1. The number of aromatic hydroxyl groups is 1. The summed E-state index contributed by atoms with van der Waals surface area (Å²) >= 11 is 6.34. The Kier molecular flexibility index (Phi) is 10.9. The van der Waals surface area contributed by atoms with E-state index < -0.39 is 0 Å². The van der Waals surface area contributed by atoms with Crippen LogP contribution in [-0.2, 0) is 6.42 Å². The molecule has 0 heterocycles. The normalized spacial score (nSPS) is 11.8. The summed E-state index contributed by atoms with van der Waals surface area (Å²) < 4.78 is 0. The summed E-state index contributed by atoms with van der Waals surface area (Å²) in [5, 5.41) is 10.9. The number of unbranched alkanes of at least 4 members (excludes halogenated alkanes) is 9. The number of hydrogen-bond donors (Lipinski definition) is 1. The molecular weight excluding hydrogens is 378 g/mol. The molecule has 0 amide bonds. The summed E-state index contributed by atoms with van der Waals surface area (Å²) in [4.78, 5) is 4.43. The zero-order chi connectivity index (χ0) is 20.9. The molecule has 158 valence electrons. The first-order valence-electron chi connectivity index (χ1n) is 11.2. The molecule has 0 aliphatic rings. The van der Waals surface area contributed by atoms with Crippen LogP contribution in [-0.4, -0.2) is 17.9 Å². The van der Waals surface area contributed by atoms with E-state index in [1.165, 1.54) is 63.4 Å². The smallest absolute Gasteiger partial charge is 0.143 e. The van der Waals surface area contributed by atoms with E-state index in [-0.39, 0.29) is 5.75 Å². The summed E-state index contributed by atoms with van der Waals surface area (Å²) in [6.45, 7) is 2.27. The first-order chi connectivity index (χ1) is 14.2. The molecule has 29 heavy (non-hydrogen) atoms. The average molecular weight is 414 g/mol. The van der Waals surface area contributed by atoms with Gasteiger partial charge in [-0.05, 0) is 30.5 Å². The van der Waals surface area contributed by atoms with Crippen molar-refractivity contribution in [1.82, 2.24) is 0 Å². The van der Waals surface area contributed by atoms with Crippen LogP contribution in [0.5, 0.6) is 5.75 Å². The van der Waals surface area contributed by atoms with Gasteiger partial charge in [-0.3, -0.25) is 4.99 Å². The van der Waals surface area contributed by atoms with Crippen molar-refractivity contribution >= 4 is 17.3 Å². The summed E-state index contributed by atoms with van der Waals surface area (Å²) in [6.07, 6.45) is 14.3. The fourth-order valence-corrected chi connectivity index (χ4v) is 4.04. The van der Waals surface area contributed by atoms with Crippen molar-refractivity contribution in [2.75, 3.05) is 7.05 Å². The van der Waals surface area contributed by atoms with E-state index in [1.54, 1.807) is 7.05 Å². The fraction of sp³-hybridized carbons (Fsp3) is 0.500. The van der Waals surface area contributed by atoms with Gasteiger partial charge < -0.3 is 5.11 Å². The second-order valence-electron chi connectivity index (χ2n) is 7.84. The topological polar surface area (TPSA) is 32.6 Å². The van der Waals surface area contributed by atoms with Crippen LogP contribution in [0.2, 0.25) is 5.02 Å². The van der Waals surface area contributed by atoms with Crippen LogP contribution < -0.4 is 0 Å². The fourth-order valence-electron chi connectivity index (χ4n) is 3.80. The molecule has 0 aliphatic carbocycles. The third-order valence-electron chi connectivity index (χ3n) is 5.47. The molecule has 0 atom stereocenters. The Balaban J connectivity index is 1.86. The first-order valence-corrected chi connectivity index (χ1v) is 11.6. The van der Waals surface area contributed by atoms with Gasteiger partial charge in [0.15, 0.2) is 0 Å². The highest BCUT2D eigenvalue weighted by Gasteiger charge is 2.15. The van der Waals surface area contributed by atoms with Crippen LogP contribution in [0.4, 0.5) is 0 Å². The molecule has 0 saturated heterocycles. The lowest BCUT2D eigenvalue weighted by Gasteiger charge is -2.12. The van der Waals surface area contributed by atoms with Crippen LogP contribution in [0.25, 0.3) is 0 Å². The van der Waals surface area contributed by atoms with Gasteiger partial charge in [-0.1, -0.05) is 107 Å². The predicted octanol–water partition coefficient (Wildman–Crippen LogP) is 7.98. The summed E-state index contributed by atoms with van der Waals surface area (Å²) in [7, 11) is 1.75. The molecule has 2 nitrogen and oxygen atoms in total. The molecule has 0 aliphatic heterocycles. The zero-order valence-electron chi connectivity index (χ0n) is 18.1. The van der Waals surface area contributed by atoms with E-state index in [0.29, 0.717) is 10.6 Å². The minimum Gasteiger partial charge on any atom is -0.506 e. The Hall–Kier alpha value is -1.80. The standard InChI is InChI=1S/C26H36ClNO/c1-3-4-5-6-7-8-9-10-11-13-16-21-19-23(26(29)24(27)20-21)25(28-2)22-17-14-12-15-18-22/h12,14-15,17-20,29H,3-11,13,16H2,1-2H3. The third kappa shape index (κ3) is 7.85. The molecule has 0 radical (unpaired) electrons. The Bertz CT molecular complexity index is 755. The van der Waals surface area contributed by atoms with Gasteiger partial charge in [-0.2, -0.15) is 0 Å². The van der Waals surface area contributed by atoms with Crippen molar-refractivity contribution in [2.24, 2.45) is 4.99 Å². The van der Waals surface area contributed by atoms with E-state index in [2.05, 4.69) is 11.9 Å². The van der Waals surface area contributed by atoms with Gasteiger partial charge in [0.25, 0.3) is 0 Å². The largest absolute Gasteiger partial charge is 0.506 e. The van der Waals surface area contributed by atoms with E-state index in [0.717, 1.165) is 24.1 Å². The summed E-state index contributed by atoms with van der Waals surface area (Å²) in [5.74, 6) is 0.114. The van der Waals surface area contributed by atoms with Crippen molar-refractivity contribution in [2.45, 2.75) is 77.6 Å². The highest BCUT2D eigenvalue weighted by atomic mass is 35.5. The van der Waals surface area contributed by atoms with Crippen molar-refractivity contribution in [3.8, 4) is 5.75 Å². The molecule has 0 unspecified atom stereocenters. The lowest BCUT2D eigenvalue weighted by Crippen LogP contribution is -2.05. The number of aryl methyl sites for hydroxylation is 1. The first kappa shape index (κ1) is 23.5. The summed E-state index contributed by atoms with van der Waals surface area (Å²) in [5.41, 5.74) is 3.64. The maximum atomic E-state index is 10.5. The van der Waals surface area contributed by atoms with Crippen LogP contribution in [0.15, 0.2) is 47.5 Å². The molecule has 1 N–H and O–H groups in total. The van der Waals surface area contributed by atoms with Gasteiger partial charge in [-0.25, -0.2) is 0 Å². The second-order valence-corrected chi connectivity index (χ2v) is 8.25. The van der Waals surface area contributed by atoms with Gasteiger partial charge in [-0.15, -0.1) is 0 Å². The van der Waals surface area contributed by atoms with E-state index in [1.807, 2.05) is 42.5 Å². The molecule has 0 fully saturated rings. The number of benzene rings is 2. The maximum Gasteiger partial charge on any atom is 0.143 e. The van der Waals surface area contributed by atoms with Crippen LogP contribution in [0.3, 0.4) is 0 Å². The second kappa shape index (κ2) is 13.4. The number of phenolic OH excluding ortho intramolecular Hbond substituents is 1. The Labute approximate surface area is 182 Å². The SMILES string of the molecule is CCCCCCCCCCCCc1cc(Cl)c(O)c(C(=NC)c2ccccc2)c1. The quantitative estimate of drug-likeness (QED) is 0.262. The molecule has 0 bridgehead atoms. The maximum absolute atomic E-state index is 10.5. The number of rotatable bonds is 13. The minimum atomic E-state index is 0.114. The van der Waals surface area contributed by atoms with Gasteiger partial charge in [0, 0.05) is 18.2 Å². The Morgan fingerprint density at radius 3 is 2.03 bits per heavy atom. The molecule has 2 aromatic carbocycles. The van der Waals surface area contributed by atoms with Gasteiger partial charge in [0.05, 0.1) is 10.7 Å². The van der Waals surface area contributed by atoms with Crippen LogP contribution in [0.1, 0.15) is 87.8 Å². The zero-order valence-corrected chi connectivity index (χ0v) is 18.8. The van der Waals surface area contributed by atoms with E-state index in [9.17, 15) is 5.11 Å². The lowest BCUT2D eigenvalue weighted by atomic mass is 9.97. The number of halogens is 1. The van der Waals surface area contributed by atoms with Crippen molar-refractivity contribution in [3.05, 3.63) is 64.2 Å². The molecule has 0 aromatic heterocycles. The monoisotopic (exact) mass is 413 g/mol. The molecule has 0 saturated carbocycles. The molecule has 2 rings (SSSR count). The van der Waals surface area contributed by atoms with Gasteiger partial charge in [0.1, 0.15) is 5.75 Å². The lowest BCUT2D eigenvalue weighted by molar-refractivity contribution is 0.474. The number of nitrogens with zero attached hydrogens (tertiary/aromatic N) is 1. The predicted molar refractivity (Wildman–Crippen MR) is 127 cm³/mol. The van der Waals surface area contributed by atoms with Crippen molar-refractivity contribution < 1.29 is 5.11 Å². The minimum absolute atomic E-state index is 0.114. The Morgan fingerprint density at radius 2 is 1.45 bits per heavy atom.